The standard InChI is InChI=1S/C9H11BrF2N2O2/c10-6-3-7(14-4-6)9(15)13-1-2-16-5-8(11)12/h3-4,8,14H,1-2,5H2,(H,13,15). The van der Waals surface area contributed by atoms with E-state index in [-0.39, 0.29) is 19.1 Å². The highest BCUT2D eigenvalue weighted by atomic mass is 79.9. The van der Waals surface area contributed by atoms with Gasteiger partial charge in [0.1, 0.15) is 12.3 Å². The molecule has 4 nitrogen and oxygen atoms in total. The van der Waals surface area contributed by atoms with Gasteiger partial charge in [-0.15, -0.1) is 0 Å². The maximum atomic E-state index is 11.7. The number of halogens is 3. The average Bonchev–Trinajstić information content (AvgIpc) is 2.63. The molecular formula is C9H11BrF2N2O2. The van der Waals surface area contributed by atoms with Crippen LogP contribution in [0.1, 0.15) is 10.5 Å². The summed E-state index contributed by atoms with van der Waals surface area (Å²) in [6, 6.07) is 1.62. The largest absolute Gasteiger partial charge is 0.374 e. The SMILES string of the molecule is O=C(NCCOCC(F)F)c1cc(Br)c[nH]1. The van der Waals surface area contributed by atoms with Crippen LogP contribution in [0.5, 0.6) is 0 Å². The minimum Gasteiger partial charge on any atom is -0.374 e. The van der Waals surface area contributed by atoms with Crippen molar-refractivity contribution in [3.8, 4) is 0 Å². The molecule has 0 saturated heterocycles. The summed E-state index contributed by atoms with van der Waals surface area (Å²) in [6.07, 6.45) is -0.850. The first-order valence-electron chi connectivity index (χ1n) is 4.57. The molecule has 1 amide bonds. The molecule has 2 N–H and O–H groups in total. The lowest BCUT2D eigenvalue weighted by Crippen LogP contribution is -2.28. The molecule has 1 heterocycles. The maximum Gasteiger partial charge on any atom is 0.267 e. The third-order valence-electron chi connectivity index (χ3n) is 1.67. The number of aromatic amines is 1. The molecule has 0 unspecified atom stereocenters. The van der Waals surface area contributed by atoms with Gasteiger partial charge in [0.25, 0.3) is 12.3 Å². The second kappa shape index (κ2) is 6.59. The highest BCUT2D eigenvalue weighted by Crippen LogP contribution is 2.09. The van der Waals surface area contributed by atoms with Crippen molar-refractivity contribution in [1.82, 2.24) is 10.3 Å². The highest BCUT2D eigenvalue weighted by Gasteiger charge is 2.07. The smallest absolute Gasteiger partial charge is 0.267 e. The summed E-state index contributed by atoms with van der Waals surface area (Å²) in [7, 11) is 0. The fourth-order valence-corrected chi connectivity index (χ4v) is 1.35. The van der Waals surface area contributed by atoms with E-state index in [4.69, 9.17) is 0 Å². The van der Waals surface area contributed by atoms with E-state index in [0.717, 1.165) is 4.47 Å². The predicted molar refractivity (Wildman–Crippen MR) is 57.6 cm³/mol. The summed E-state index contributed by atoms with van der Waals surface area (Å²) in [6.45, 7) is -0.343. The molecule has 0 aromatic carbocycles. The van der Waals surface area contributed by atoms with Crippen molar-refractivity contribution < 1.29 is 18.3 Å². The van der Waals surface area contributed by atoms with Crippen molar-refractivity contribution in [3.05, 3.63) is 22.4 Å². The molecular weight excluding hydrogens is 286 g/mol. The van der Waals surface area contributed by atoms with Crippen LogP contribution < -0.4 is 5.32 Å². The first-order valence-corrected chi connectivity index (χ1v) is 5.37. The van der Waals surface area contributed by atoms with Crippen LogP contribution in [-0.4, -0.2) is 37.1 Å². The van der Waals surface area contributed by atoms with Gasteiger partial charge in [-0.05, 0) is 22.0 Å². The third-order valence-corrected chi connectivity index (χ3v) is 2.13. The molecule has 0 atom stereocenters. The molecule has 1 rings (SSSR count). The second-order valence-corrected chi connectivity index (χ2v) is 3.87. The number of hydrogen-bond donors (Lipinski definition) is 2. The number of rotatable bonds is 6. The Hall–Kier alpha value is -0.950. The van der Waals surface area contributed by atoms with Crippen LogP contribution in [0.25, 0.3) is 0 Å². The average molecular weight is 297 g/mol. The Morgan fingerprint density at radius 2 is 2.38 bits per heavy atom. The number of nitrogens with one attached hydrogen (secondary N) is 2. The van der Waals surface area contributed by atoms with Gasteiger partial charge in [0.05, 0.1) is 6.61 Å². The van der Waals surface area contributed by atoms with E-state index in [2.05, 4.69) is 31.0 Å². The third kappa shape index (κ3) is 4.71. The van der Waals surface area contributed by atoms with Crippen LogP contribution in [0.3, 0.4) is 0 Å². The molecule has 1 aromatic rings. The van der Waals surface area contributed by atoms with Gasteiger partial charge in [0.2, 0.25) is 0 Å². The van der Waals surface area contributed by atoms with Crippen molar-refractivity contribution in [2.45, 2.75) is 6.43 Å². The fraction of sp³-hybridized carbons (Fsp3) is 0.444. The first-order chi connectivity index (χ1) is 7.59. The summed E-state index contributed by atoms with van der Waals surface area (Å²) in [5.41, 5.74) is 0.403. The molecule has 0 fully saturated rings. The molecule has 0 spiro atoms. The van der Waals surface area contributed by atoms with Gasteiger partial charge in [-0.2, -0.15) is 0 Å². The van der Waals surface area contributed by atoms with Crippen LogP contribution in [0.2, 0.25) is 0 Å². The topological polar surface area (TPSA) is 54.1 Å². The lowest BCUT2D eigenvalue weighted by molar-refractivity contribution is 0.0188. The van der Waals surface area contributed by atoms with Crippen molar-refractivity contribution >= 4 is 21.8 Å². The molecule has 0 aliphatic rings. The zero-order chi connectivity index (χ0) is 12.0. The summed E-state index contributed by atoms with van der Waals surface area (Å²) >= 11 is 3.19. The van der Waals surface area contributed by atoms with Gasteiger partial charge in [-0.25, -0.2) is 8.78 Å². The second-order valence-electron chi connectivity index (χ2n) is 2.95. The number of H-pyrrole nitrogens is 1. The molecule has 0 aliphatic carbocycles. The zero-order valence-electron chi connectivity index (χ0n) is 8.30. The van der Waals surface area contributed by atoms with Crippen LogP contribution in [0.15, 0.2) is 16.7 Å². The Morgan fingerprint density at radius 3 is 2.94 bits per heavy atom. The minimum absolute atomic E-state index is 0.0674. The Balaban J connectivity index is 2.16. The molecule has 0 radical (unpaired) electrons. The van der Waals surface area contributed by atoms with E-state index in [1.807, 2.05) is 0 Å². The number of carbonyl (C=O) groups is 1. The van der Waals surface area contributed by atoms with Gasteiger partial charge < -0.3 is 15.0 Å². The predicted octanol–water partition coefficient (Wildman–Crippen LogP) is 1.79. The van der Waals surface area contributed by atoms with E-state index in [9.17, 15) is 13.6 Å². The number of ether oxygens (including phenoxy) is 1. The monoisotopic (exact) mass is 296 g/mol. The number of hydrogen-bond acceptors (Lipinski definition) is 2. The molecule has 1 aromatic heterocycles. The highest BCUT2D eigenvalue weighted by molar-refractivity contribution is 9.10. The van der Waals surface area contributed by atoms with E-state index < -0.39 is 13.0 Å². The van der Waals surface area contributed by atoms with E-state index in [0.29, 0.717) is 5.69 Å². The number of amides is 1. The van der Waals surface area contributed by atoms with Crippen LogP contribution in [0.4, 0.5) is 8.78 Å². The lowest BCUT2D eigenvalue weighted by atomic mass is 10.4. The minimum atomic E-state index is -2.48. The van der Waals surface area contributed by atoms with Gasteiger partial charge in [-0.3, -0.25) is 4.79 Å². The number of alkyl halides is 2. The normalized spacial score (nSPS) is 10.8. The number of carbonyl (C=O) groups excluding carboxylic acids is 1. The zero-order valence-corrected chi connectivity index (χ0v) is 9.89. The van der Waals surface area contributed by atoms with Crippen molar-refractivity contribution in [2.24, 2.45) is 0 Å². The molecule has 7 heteroatoms. The lowest BCUT2D eigenvalue weighted by Gasteiger charge is -2.04. The Bertz CT molecular complexity index is 344. The van der Waals surface area contributed by atoms with Crippen LogP contribution in [0, 0.1) is 0 Å². The maximum absolute atomic E-state index is 11.7. The van der Waals surface area contributed by atoms with E-state index in [1.165, 1.54) is 0 Å². The van der Waals surface area contributed by atoms with Gasteiger partial charge in [0, 0.05) is 17.2 Å². The molecule has 0 saturated carbocycles. The summed E-state index contributed by atoms with van der Waals surface area (Å²) in [5.74, 6) is -0.300. The summed E-state index contributed by atoms with van der Waals surface area (Å²) in [4.78, 5) is 14.1. The quantitative estimate of drug-likeness (QED) is 0.787. The van der Waals surface area contributed by atoms with E-state index >= 15 is 0 Å². The Labute approximate surface area is 99.5 Å². The van der Waals surface area contributed by atoms with Crippen LogP contribution in [-0.2, 0) is 4.74 Å². The molecule has 90 valence electrons. The Morgan fingerprint density at radius 1 is 1.62 bits per heavy atom. The van der Waals surface area contributed by atoms with Crippen molar-refractivity contribution in [1.29, 1.82) is 0 Å². The molecule has 16 heavy (non-hydrogen) atoms. The first kappa shape index (κ1) is 13.1. The van der Waals surface area contributed by atoms with Crippen molar-refractivity contribution in [3.63, 3.8) is 0 Å². The fourth-order valence-electron chi connectivity index (χ4n) is 1.00. The molecule has 0 aliphatic heterocycles. The van der Waals surface area contributed by atoms with Crippen LogP contribution >= 0.6 is 15.9 Å². The van der Waals surface area contributed by atoms with Gasteiger partial charge in [0.15, 0.2) is 0 Å². The Kier molecular flexibility index (Phi) is 5.41. The number of aromatic nitrogens is 1. The molecule has 0 bridgehead atoms. The summed E-state index contributed by atoms with van der Waals surface area (Å²) in [5, 5.41) is 2.53. The van der Waals surface area contributed by atoms with E-state index in [1.54, 1.807) is 12.3 Å². The van der Waals surface area contributed by atoms with Crippen molar-refractivity contribution in [2.75, 3.05) is 19.8 Å². The summed E-state index contributed by atoms with van der Waals surface area (Å²) < 4.78 is 28.7. The van der Waals surface area contributed by atoms with Gasteiger partial charge in [-0.1, -0.05) is 0 Å². The van der Waals surface area contributed by atoms with Gasteiger partial charge >= 0.3 is 0 Å².